The predicted octanol–water partition coefficient (Wildman–Crippen LogP) is 1.22. The first-order valence-electron chi connectivity index (χ1n) is 4.98. The van der Waals surface area contributed by atoms with E-state index in [0.717, 1.165) is 29.8 Å². The van der Waals surface area contributed by atoms with Crippen molar-refractivity contribution in [3.05, 3.63) is 6.20 Å². The fourth-order valence-corrected chi connectivity index (χ4v) is 1.34. The third-order valence-electron chi connectivity index (χ3n) is 2.08. The highest BCUT2D eigenvalue weighted by Gasteiger charge is 2.07. The van der Waals surface area contributed by atoms with Crippen LogP contribution in [0.1, 0.15) is 13.3 Å². The normalized spacial score (nSPS) is 10.5. The van der Waals surface area contributed by atoms with Gasteiger partial charge in [0.1, 0.15) is 5.82 Å². The number of hydrogen-bond donors (Lipinski definition) is 3. The number of aromatic amines is 1. The Balaban J connectivity index is 2.40. The lowest BCUT2D eigenvalue weighted by Gasteiger charge is -2.05. The number of fused-ring (bicyclic) bond motifs is 1. The molecule has 3 N–H and O–H groups in total. The summed E-state index contributed by atoms with van der Waals surface area (Å²) in [6.45, 7) is 2.96. The molecule has 0 aliphatic rings. The first kappa shape index (κ1) is 9.70. The highest BCUT2D eigenvalue weighted by Crippen LogP contribution is 2.18. The molecule has 0 saturated carbocycles. The average molecular weight is 206 g/mol. The lowest BCUT2D eigenvalue weighted by Crippen LogP contribution is -2.06. The van der Waals surface area contributed by atoms with Crippen molar-refractivity contribution < 1.29 is 0 Å². The van der Waals surface area contributed by atoms with E-state index in [-0.39, 0.29) is 0 Å². The minimum absolute atomic E-state index is 0.623. The molecule has 6 heteroatoms. The van der Waals surface area contributed by atoms with Gasteiger partial charge in [-0.2, -0.15) is 15.1 Å². The Hall–Kier alpha value is -1.85. The van der Waals surface area contributed by atoms with Crippen molar-refractivity contribution in [1.82, 2.24) is 20.2 Å². The zero-order chi connectivity index (χ0) is 10.7. The second kappa shape index (κ2) is 4.12. The Morgan fingerprint density at radius 1 is 1.40 bits per heavy atom. The summed E-state index contributed by atoms with van der Waals surface area (Å²) in [6.07, 6.45) is 2.75. The minimum atomic E-state index is 0.623. The molecule has 2 rings (SSSR count). The molecule has 0 spiro atoms. The summed E-state index contributed by atoms with van der Waals surface area (Å²) in [5.74, 6) is 1.41. The summed E-state index contributed by atoms with van der Waals surface area (Å²) in [5.41, 5.74) is 0.743. The standard InChI is InChI=1S/C9H14N6/c1-3-4-11-9-13-7(10-2)6-5-12-15-8(6)14-9/h5H,3-4H2,1-2H3,(H3,10,11,12,13,14,15). The van der Waals surface area contributed by atoms with E-state index in [1.54, 1.807) is 6.20 Å². The molecule has 0 aliphatic carbocycles. The summed E-state index contributed by atoms with van der Waals surface area (Å²) in [7, 11) is 1.83. The van der Waals surface area contributed by atoms with E-state index in [4.69, 9.17) is 0 Å². The molecule has 0 unspecified atom stereocenters. The van der Waals surface area contributed by atoms with E-state index in [2.05, 4.69) is 37.7 Å². The van der Waals surface area contributed by atoms with Crippen LogP contribution in [-0.2, 0) is 0 Å². The number of aromatic nitrogens is 4. The first-order valence-corrected chi connectivity index (χ1v) is 4.98. The molecule has 0 aliphatic heterocycles. The van der Waals surface area contributed by atoms with E-state index in [1.165, 1.54) is 0 Å². The van der Waals surface area contributed by atoms with Crippen LogP contribution in [0.5, 0.6) is 0 Å². The maximum atomic E-state index is 4.34. The molecule has 2 aromatic heterocycles. The molecule has 2 heterocycles. The minimum Gasteiger partial charge on any atom is -0.372 e. The van der Waals surface area contributed by atoms with Crippen molar-refractivity contribution in [3.8, 4) is 0 Å². The zero-order valence-electron chi connectivity index (χ0n) is 8.83. The molecule has 0 bridgehead atoms. The van der Waals surface area contributed by atoms with Gasteiger partial charge in [-0.3, -0.25) is 5.10 Å². The predicted molar refractivity (Wildman–Crippen MR) is 60.0 cm³/mol. The van der Waals surface area contributed by atoms with Gasteiger partial charge in [-0.05, 0) is 6.42 Å². The Morgan fingerprint density at radius 2 is 2.27 bits per heavy atom. The van der Waals surface area contributed by atoms with Crippen molar-refractivity contribution in [2.75, 3.05) is 24.2 Å². The number of H-pyrrole nitrogens is 1. The van der Waals surface area contributed by atoms with Crippen LogP contribution in [0.4, 0.5) is 11.8 Å². The van der Waals surface area contributed by atoms with Gasteiger partial charge in [0.15, 0.2) is 5.65 Å². The van der Waals surface area contributed by atoms with E-state index < -0.39 is 0 Å². The van der Waals surface area contributed by atoms with Crippen molar-refractivity contribution >= 4 is 22.8 Å². The molecule has 6 nitrogen and oxygen atoms in total. The third kappa shape index (κ3) is 1.83. The number of rotatable bonds is 4. The summed E-state index contributed by atoms with van der Waals surface area (Å²) in [4.78, 5) is 8.64. The smallest absolute Gasteiger partial charge is 0.226 e. The quantitative estimate of drug-likeness (QED) is 0.701. The Labute approximate surface area is 87.5 Å². The fourth-order valence-electron chi connectivity index (χ4n) is 1.34. The number of nitrogens with zero attached hydrogens (tertiary/aromatic N) is 3. The summed E-state index contributed by atoms with van der Waals surface area (Å²) in [6, 6.07) is 0. The van der Waals surface area contributed by atoms with Gasteiger partial charge in [-0.25, -0.2) is 0 Å². The van der Waals surface area contributed by atoms with Crippen LogP contribution in [0.3, 0.4) is 0 Å². The van der Waals surface area contributed by atoms with Crippen LogP contribution in [0.15, 0.2) is 6.20 Å². The maximum Gasteiger partial charge on any atom is 0.226 e. The van der Waals surface area contributed by atoms with Crippen molar-refractivity contribution in [3.63, 3.8) is 0 Å². The van der Waals surface area contributed by atoms with Crippen LogP contribution in [0.25, 0.3) is 11.0 Å². The van der Waals surface area contributed by atoms with E-state index in [9.17, 15) is 0 Å². The molecule has 0 fully saturated rings. The number of nitrogens with one attached hydrogen (secondary N) is 3. The second-order valence-corrected chi connectivity index (χ2v) is 3.20. The monoisotopic (exact) mass is 206 g/mol. The SMILES string of the molecule is CCCNc1nc(NC)c2cn[nH]c2n1. The van der Waals surface area contributed by atoms with Crippen molar-refractivity contribution in [2.24, 2.45) is 0 Å². The molecule has 80 valence electrons. The molecule has 0 amide bonds. The van der Waals surface area contributed by atoms with Gasteiger partial charge in [-0.15, -0.1) is 0 Å². The molecule has 0 radical (unpaired) electrons. The molecule has 0 saturated heterocycles. The lowest BCUT2D eigenvalue weighted by molar-refractivity contribution is 0.955. The zero-order valence-corrected chi connectivity index (χ0v) is 8.83. The maximum absolute atomic E-state index is 4.34. The van der Waals surface area contributed by atoms with Gasteiger partial charge < -0.3 is 10.6 Å². The van der Waals surface area contributed by atoms with E-state index in [0.29, 0.717) is 5.95 Å². The molecule has 2 aromatic rings. The summed E-state index contributed by atoms with van der Waals surface area (Å²) < 4.78 is 0. The topological polar surface area (TPSA) is 78.5 Å². The average Bonchev–Trinajstić information content (AvgIpc) is 2.73. The van der Waals surface area contributed by atoms with Crippen molar-refractivity contribution in [2.45, 2.75) is 13.3 Å². The molecule has 0 aromatic carbocycles. The van der Waals surface area contributed by atoms with Gasteiger partial charge in [0, 0.05) is 13.6 Å². The Kier molecular flexibility index (Phi) is 2.66. The van der Waals surface area contributed by atoms with Gasteiger partial charge in [0.05, 0.1) is 11.6 Å². The highest BCUT2D eigenvalue weighted by atomic mass is 15.2. The highest BCUT2D eigenvalue weighted by molar-refractivity contribution is 5.86. The Morgan fingerprint density at radius 3 is 3.00 bits per heavy atom. The van der Waals surface area contributed by atoms with Gasteiger partial charge in [-0.1, -0.05) is 6.92 Å². The van der Waals surface area contributed by atoms with E-state index in [1.807, 2.05) is 7.05 Å². The third-order valence-corrected chi connectivity index (χ3v) is 2.08. The molecule has 0 atom stereocenters. The van der Waals surface area contributed by atoms with Gasteiger partial charge in [0.25, 0.3) is 0 Å². The lowest BCUT2D eigenvalue weighted by atomic mass is 10.4. The largest absolute Gasteiger partial charge is 0.372 e. The first-order chi connectivity index (χ1) is 7.35. The van der Waals surface area contributed by atoms with Crippen LogP contribution >= 0.6 is 0 Å². The summed E-state index contributed by atoms with van der Waals surface area (Å²) in [5, 5.41) is 13.8. The molecule has 15 heavy (non-hydrogen) atoms. The number of anilines is 2. The van der Waals surface area contributed by atoms with Crippen molar-refractivity contribution in [1.29, 1.82) is 0 Å². The van der Waals surface area contributed by atoms with E-state index >= 15 is 0 Å². The molecular formula is C9H14N6. The van der Waals surface area contributed by atoms with Crippen LogP contribution in [0.2, 0.25) is 0 Å². The molecular weight excluding hydrogens is 192 g/mol. The number of hydrogen-bond acceptors (Lipinski definition) is 5. The van der Waals surface area contributed by atoms with Gasteiger partial charge in [0.2, 0.25) is 5.95 Å². The summed E-state index contributed by atoms with van der Waals surface area (Å²) >= 11 is 0. The van der Waals surface area contributed by atoms with Crippen LogP contribution < -0.4 is 10.6 Å². The van der Waals surface area contributed by atoms with Gasteiger partial charge >= 0.3 is 0 Å². The fraction of sp³-hybridized carbons (Fsp3) is 0.444. The van der Waals surface area contributed by atoms with Crippen LogP contribution in [0, 0.1) is 0 Å². The Bertz CT molecular complexity index is 449. The second-order valence-electron chi connectivity index (χ2n) is 3.20. The van der Waals surface area contributed by atoms with Crippen LogP contribution in [-0.4, -0.2) is 33.8 Å².